The van der Waals surface area contributed by atoms with Gasteiger partial charge in [-0.15, -0.1) is 0 Å². The van der Waals surface area contributed by atoms with Crippen LogP contribution in [-0.4, -0.2) is 11.2 Å². The summed E-state index contributed by atoms with van der Waals surface area (Å²) in [6.07, 6.45) is 1.96. The van der Waals surface area contributed by atoms with Crippen molar-refractivity contribution in [1.82, 2.24) is 4.98 Å². The van der Waals surface area contributed by atoms with E-state index in [-0.39, 0.29) is 5.56 Å². The van der Waals surface area contributed by atoms with Crippen molar-refractivity contribution in [3.8, 4) is 5.75 Å². The summed E-state index contributed by atoms with van der Waals surface area (Å²) in [6.45, 7) is 0.626. The molecule has 2 heterocycles. The van der Waals surface area contributed by atoms with Gasteiger partial charge in [0.1, 0.15) is 17.1 Å². The summed E-state index contributed by atoms with van der Waals surface area (Å²) in [5.41, 5.74) is 11.0. The van der Waals surface area contributed by atoms with E-state index in [4.69, 9.17) is 16.2 Å². The molecule has 116 valence electrons. The first-order chi connectivity index (χ1) is 10.2. The Labute approximate surface area is 124 Å². The van der Waals surface area contributed by atoms with Crippen molar-refractivity contribution in [2.45, 2.75) is 24.6 Å². The largest absolute Gasteiger partial charge is 0.471 e. The number of hydrogen-bond acceptors (Lipinski definition) is 4. The minimum atomic E-state index is -3.33. The number of hydrogen-bond donors (Lipinski definition) is 2. The van der Waals surface area contributed by atoms with Crippen LogP contribution >= 0.6 is 0 Å². The van der Waals surface area contributed by atoms with Crippen molar-refractivity contribution in [3.05, 3.63) is 59.2 Å². The predicted molar refractivity (Wildman–Crippen MR) is 73.8 cm³/mol. The molecule has 1 aromatic heterocycles. The summed E-state index contributed by atoms with van der Waals surface area (Å²) in [4.78, 5) is 3.90. The van der Waals surface area contributed by atoms with Gasteiger partial charge in [-0.3, -0.25) is 10.7 Å². The molecule has 22 heavy (non-hydrogen) atoms. The van der Waals surface area contributed by atoms with E-state index < -0.39 is 29.1 Å². The van der Waals surface area contributed by atoms with Crippen LogP contribution in [0.2, 0.25) is 0 Å². The summed E-state index contributed by atoms with van der Waals surface area (Å²) < 4.78 is 46.2. The quantitative estimate of drug-likeness (QED) is 0.892. The molecule has 0 fully saturated rings. The maximum atomic E-state index is 13.7. The highest BCUT2D eigenvalue weighted by Crippen LogP contribution is 2.43. The second-order valence-electron chi connectivity index (χ2n) is 5.36. The standard InChI is InChI=1S/C15H14F3N3O/c1-14(17,18)10-6-8(2-3-11(10)16)15(20)9-4-5-21-7-12(9)22-13(15)19/h2-7,13H,19-20H2,1H3. The highest BCUT2D eigenvalue weighted by molar-refractivity contribution is 5.50. The molecule has 4 nitrogen and oxygen atoms in total. The molecule has 3 rings (SSSR count). The Kier molecular flexibility index (Phi) is 3.15. The van der Waals surface area contributed by atoms with E-state index in [2.05, 4.69) is 4.98 Å². The average molecular weight is 309 g/mol. The summed E-state index contributed by atoms with van der Waals surface area (Å²) in [5.74, 6) is -3.95. The van der Waals surface area contributed by atoms with Crippen molar-refractivity contribution >= 4 is 0 Å². The SMILES string of the molecule is CC(F)(F)c1cc(C2(N)c3ccncc3OC2N)ccc1F. The molecule has 1 aliphatic rings. The highest BCUT2D eigenvalue weighted by Gasteiger charge is 2.46. The minimum Gasteiger partial charge on any atom is -0.471 e. The molecule has 2 aromatic rings. The fourth-order valence-electron chi connectivity index (χ4n) is 2.64. The van der Waals surface area contributed by atoms with E-state index in [0.29, 0.717) is 18.2 Å². The molecule has 1 aliphatic heterocycles. The summed E-state index contributed by atoms with van der Waals surface area (Å²) in [6, 6.07) is 4.94. The van der Waals surface area contributed by atoms with Gasteiger partial charge in [-0.25, -0.2) is 13.2 Å². The van der Waals surface area contributed by atoms with Crippen molar-refractivity contribution < 1.29 is 17.9 Å². The zero-order valence-electron chi connectivity index (χ0n) is 11.7. The molecule has 0 aliphatic carbocycles. The number of pyridine rings is 1. The number of benzene rings is 1. The molecule has 4 N–H and O–H groups in total. The Morgan fingerprint density at radius 2 is 2.05 bits per heavy atom. The van der Waals surface area contributed by atoms with Gasteiger partial charge < -0.3 is 10.5 Å². The van der Waals surface area contributed by atoms with Gasteiger partial charge in [0, 0.05) is 18.7 Å². The molecular formula is C15H14F3N3O. The van der Waals surface area contributed by atoms with E-state index in [0.717, 1.165) is 12.1 Å². The van der Waals surface area contributed by atoms with E-state index in [1.807, 2.05) is 0 Å². The van der Waals surface area contributed by atoms with Crippen LogP contribution in [0.25, 0.3) is 0 Å². The lowest BCUT2D eigenvalue weighted by Crippen LogP contribution is -2.52. The fraction of sp³-hybridized carbons (Fsp3) is 0.267. The molecule has 2 atom stereocenters. The molecule has 2 unspecified atom stereocenters. The van der Waals surface area contributed by atoms with Crippen LogP contribution in [0, 0.1) is 5.82 Å². The smallest absolute Gasteiger partial charge is 0.273 e. The Hall–Kier alpha value is -2.12. The molecule has 0 spiro atoms. The van der Waals surface area contributed by atoms with Gasteiger partial charge in [-0.05, 0) is 23.8 Å². The Morgan fingerprint density at radius 3 is 2.73 bits per heavy atom. The van der Waals surface area contributed by atoms with Gasteiger partial charge in [0.05, 0.1) is 11.8 Å². The predicted octanol–water partition coefficient (Wildman–Crippen LogP) is 2.21. The van der Waals surface area contributed by atoms with Gasteiger partial charge in [-0.2, -0.15) is 0 Å². The Balaban J connectivity index is 2.19. The summed E-state index contributed by atoms with van der Waals surface area (Å²) in [5, 5.41) is 0. The number of nitrogens with two attached hydrogens (primary N) is 2. The van der Waals surface area contributed by atoms with Gasteiger partial charge in [0.15, 0.2) is 6.23 Å². The third-order valence-electron chi connectivity index (χ3n) is 3.85. The first kappa shape index (κ1) is 14.8. The Morgan fingerprint density at radius 1 is 1.32 bits per heavy atom. The maximum Gasteiger partial charge on any atom is 0.273 e. The van der Waals surface area contributed by atoms with Crippen LogP contribution in [0.5, 0.6) is 5.75 Å². The first-order valence-corrected chi connectivity index (χ1v) is 6.58. The number of halogens is 3. The number of ether oxygens (including phenoxy) is 1. The van der Waals surface area contributed by atoms with E-state index in [1.165, 1.54) is 18.5 Å². The molecule has 0 bridgehead atoms. The van der Waals surface area contributed by atoms with Crippen LogP contribution in [-0.2, 0) is 11.5 Å². The third-order valence-corrected chi connectivity index (χ3v) is 3.85. The molecule has 0 radical (unpaired) electrons. The lowest BCUT2D eigenvalue weighted by Gasteiger charge is -2.29. The molecule has 0 saturated carbocycles. The normalized spacial score (nSPS) is 24.0. The molecule has 1 aromatic carbocycles. The molecular weight excluding hydrogens is 295 g/mol. The summed E-state index contributed by atoms with van der Waals surface area (Å²) in [7, 11) is 0. The Bertz CT molecular complexity index is 732. The van der Waals surface area contributed by atoms with Crippen molar-refractivity contribution in [3.63, 3.8) is 0 Å². The van der Waals surface area contributed by atoms with Crippen LogP contribution in [0.15, 0.2) is 36.7 Å². The fourth-order valence-corrected chi connectivity index (χ4v) is 2.64. The molecule has 7 heteroatoms. The number of alkyl halides is 2. The van der Waals surface area contributed by atoms with E-state index in [9.17, 15) is 13.2 Å². The van der Waals surface area contributed by atoms with Gasteiger partial charge in [0.2, 0.25) is 0 Å². The zero-order chi connectivity index (χ0) is 16.1. The van der Waals surface area contributed by atoms with Gasteiger partial charge in [-0.1, -0.05) is 6.07 Å². The number of nitrogens with zero attached hydrogens (tertiary/aromatic N) is 1. The lowest BCUT2D eigenvalue weighted by atomic mass is 9.83. The van der Waals surface area contributed by atoms with E-state index >= 15 is 0 Å². The highest BCUT2D eigenvalue weighted by atomic mass is 19.3. The van der Waals surface area contributed by atoms with E-state index in [1.54, 1.807) is 6.07 Å². The molecule has 0 amide bonds. The van der Waals surface area contributed by atoms with Crippen LogP contribution in [0.1, 0.15) is 23.6 Å². The average Bonchev–Trinajstić information content (AvgIpc) is 2.71. The van der Waals surface area contributed by atoms with Gasteiger partial charge >= 0.3 is 0 Å². The third kappa shape index (κ3) is 2.05. The first-order valence-electron chi connectivity index (χ1n) is 6.58. The topological polar surface area (TPSA) is 74.2 Å². The van der Waals surface area contributed by atoms with Crippen LogP contribution in [0.4, 0.5) is 13.2 Å². The van der Waals surface area contributed by atoms with Crippen molar-refractivity contribution in [1.29, 1.82) is 0 Å². The molecule has 0 saturated heterocycles. The zero-order valence-corrected chi connectivity index (χ0v) is 11.7. The van der Waals surface area contributed by atoms with Crippen LogP contribution in [0.3, 0.4) is 0 Å². The lowest BCUT2D eigenvalue weighted by molar-refractivity contribution is 0.0135. The van der Waals surface area contributed by atoms with Crippen LogP contribution < -0.4 is 16.2 Å². The van der Waals surface area contributed by atoms with Crippen molar-refractivity contribution in [2.24, 2.45) is 11.5 Å². The number of rotatable bonds is 2. The maximum absolute atomic E-state index is 13.7. The second-order valence-corrected chi connectivity index (χ2v) is 5.36. The summed E-state index contributed by atoms with van der Waals surface area (Å²) >= 11 is 0. The second kappa shape index (κ2) is 4.69. The monoisotopic (exact) mass is 309 g/mol. The van der Waals surface area contributed by atoms with Crippen molar-refractivity contribution in [2.75, 3.05) is 0 Å². The van der Waals surface area contributed by atoms with Gasteiger partial charge in [0.25, 0.3) is 5.92 Å². The minimum absolute atomic E-state index is 0.253. The number of aromatic nitrogens is 1. The number of fused-ring (bicyclic) bond motifs is 1.